The van der Waals surface area contributed by atoms with Crippen molar-refractivity contribution >= 4 is 23.2 Å². The van der Waals surface area contributed by atoms with Gasteiger partial charge < -0.3 is 9.30 Å². The predicted octanol–water partition coefficient (Wildman–Crippen LogP) is 2.09. The van der Waals surface area contributed by atoms with E-state index in [1.807, 2.05) is 57.7 Å². The molecule has 0 saturated carbocycles. The van der Waals surface area contributed by atoms with Crippen LogP contribution in [0.5, 0.6) is 0 Å². The van der Waals surface area contributed by atoms with Gasteiger partial charge in [-0.3, -0.25) is 4.79 Å². The van der Waals surface area contributed by atoms with Crippen LogP contribution < -0.4 is 0 Å². The molecule has 2 aromatic rings. The standard InChI is InChI=1S/C12H12N2OS/c15-12(14-5-6-16-9-14)10-7-11-3-1-2-4-13(11)8-10/h1-4,7-8H,5-6,9H2. The topological polar surface area (TPSA) is 24.7 Å². The van der Waals surface area contributed by atoms with E-state index >= 15 is 0 Å². The summed E-state index contributed by atoms with van der Waals surface area (Å²) in [6, 6.07) is 7.91. The molecule has 4 heteroatoms. The summed E-state index contributed by atoms with van der Waals surface area (Å²) in [5, 5.41) is 0. The number of amides is 1. The Bertz CT molecular complexity index is 496. The minimum atomic E-state index is 0.147. The summed E-state index contributed by atoms with van der Waals surface area (Å²) in [7, 11) is 0. The van der Waals surface area contributed by atoms with E-state index in [0.717, 1.165) is 29.3 Å². The SMILES string of the molecule is O=C(c1cc2ccccn2c1)N1CCSC1. The van der Waals surface area contributed by atoms with Crippen LogP contribution in [0.4, 0.5) is 0 Å². The zero-order valence-electron chi connectivity index (χ0n) is 8.80. The molecule has 2 aromatic heterocycles. The summed E-state index contributed by atoms with van der Waals surface area (Å²) < 4.78 is 1.98. The van der Waals surface area contributed by atoms with Crippen LogP contribution in [0, 0.1) is 0 Å². The van der Waals surface area contributed by atoms with Crippen molar-refractivity contribution < 1.29 is 4.79 Å². The third-order valence-corrected chi connectivity index (χ3v) is 3.76. The van der Waals surface area contributed by atoms with Crippen LogP contribution in [-0.2, 0) is 0 Å². The lowest BCUT2D eigenvalue weighted by molar-refractivity contribution is 0.0803. The lowest BCUT2D eigenvalue weighted by Gasteiger charge is -2.12. The highest BCUT2D eigenvalue weighted by atomic mass is 32.2. The Morgan fingerprint density at radius 1 is 1.38 bits per heavy atom. The van der Waals surface area contributed by atoms with Gasteiger partial charge in [0.25, 0.3) is 5.91 Å². The second-order valence-electron chi connectivity index (χ2n) is 3.87. The van der Waals surface area contributed by atoms with Crippen molar-refractivity contribution in [2.24, 2.45) is 0 Å². The van der Waals surface area contributed by atoms with Crippen LogP contribution in [-0.4, -0.2) is 33.4 Å². The molecule has 0 unspecified atom stereocenters. The number of aromatic nitrogens is 1. The van der Waals surface area contributed by atoms with Crippen LogP contribution in [0.3, 0.4) is 0 Å². The lowest BCUT2D eigenvalue weighted by atomic mass is 10.3. The van der Waals surface area contributed by atoms with E-state index < -0.39 is 0 Å². The summed E-state index contributed by atoms with van der Waals surface area (Å²) in [4.78, 5) is 14.0. The van der Waals surface area contributed by atoms with E-state index in [-0.39, 0.29) is 5.91 Å². The van der Waals surface area contributed by atoms with Crippen LogP contribution in [0.25, 0.3) is 5.52 Å². The molecule has 3 nitrogen and oxygen atoms in total. The first-order chi connectivity index (χ1) is 7.84. The van der Waals surface area contributed by atoms with Crippen molar-refractivity contribution in [1.29, 1.82) is 0 Å². The van der Waals surface area contributed by atoms with E-state index in [1.54, 1.807) is 0 Å². The number of carbonyl (C=O) groups is 1. The van der Waals surface area contributed by atoms with Crippen molar-refractivity contribution in [3.8, 4) is 0 Å². The van der Waals surface area contributed by atoms with Crippen molar-refractivity contribution in [2.45, 2.75) is 0 Å². The van der Waals surface area contributed by atoms with Gasteiger partial charge in [0, 0.05) is 30.2 Å². The first-order valence-corrected chi connectivity index (χ1v) is 6.44. The lowest BCUT2D eigenvalue weighted by Crippen LogP contribution is -2.27. The molecule has 0 aliphatic carbocycles. The summed E-state index contributed by atoms with van der Waals surface area (Å²) in [5.41, 5.74) is 1.85. The molecule has 0 radical (unpaired) electrons. The fourth-order valence-electron chi connectivity index (χ4n) is 1.93. The van der Waals surface area contributed by atoms with E-state index in [9.17, 15) is 4.79 Å². The highest BCUT2D eigenvalue weighted by Crippen LogP contribution is 2.18. The molecule has 1 fully saturated rings. The normalized spacial score (nSPS) is 15.9. The van der Waals surface area contributed by atoms with Gasteiger partial charge in [-0.25, -0.2) is 0 Å². The maximum atomic E-state index is 12.1. The number of nitrogens with zero attached hydrogens (tertiary/aromatic N) is 2. The van der Waals surface area contributed by atoms with E-state index in [0.29, 0.717) is 0 Å². The third-order valence-electron chi connectivity index (χ3n) is 2.79. The van der Waals surface area contributed by atoms with Crippen molar-refractivity contribution in [3.63, 3.8) is 0 Å². The quantitative estimate of drug-likeness (QED) is 0.752. The summed E-state index contributed by atoms with van der Waals surface area (Å²) in [6.45, 7) is 0.871. The second kappa shape index (κ2) is 3.87. The Morgan fingerprint density at radius 2 is 2.31 bits per heavy atom. The molecule has 0 N–H and O–H groups in total. The van der Waals surface area contributed by atoms with Gasteiger partial charge in [0.05, 0.1) is 11.4 Å². The van der Waals surface area contributed by atoms with Gasteiger partial charge in [0.2, 0.25) is 0 Å². The minimum absolute atomic E-state index is 0.147. The van der Waals surface area contributed by atoms with Crippen LogP contribution in [0.15, 0.2) is 36.7 Å². The van der Waals surface area contributed by atoms with E-state index in [4.69, 9.17) is 0 Å². The summed E-state index contributed by atoms with van der Waals surface area (Å²) >= 11 is 1.81. The first-order valence-electron chi connectivity index (χ1n) is 5.28. The Balaban J connectivity index is 1.96. The smallest absolute Gasteiger partial charge is 0.256 e. The van der Waals surface area contributed by atoms with Crippen LogP contribution >= 0.6 is 11.8 Å². The van der Waals surface area contributed by atoms with Gasteiger partial charge in [-0.05, 0) is 18.2 Å². The van der Waals surface area contributed by atoms with Gasteiger partial charge in [0.1, 0.15) is 0 Å². The monoisotopic (exact) mass is 232 g/mol. The highest BCUT2D eigenvalue weighted by Gasteiger charge is 2.20. The van der Waals surface area contributed by atoms with Gasteiger partial charge in [-0.2, -0.15) is 0 Å². The Kier molecular flexibility index (Phi) is 2.36. The average molecular weight is 232 g/mol. The molecule has 1 aliphatic heterocycles. The number of fused-ring (bicyclic) bond motifs is 1. The molecule has 0 atom stereocenters. The predicted molar refractivity (Wildman–Crippen MR) is 65.8 cm³/mol. The Hall–Kier alpha value is -1.42. The van der Waals surface area contributed by atoms with Crippen LogP contribution in [0.2, 0.25) is 0 Å². The Labute approximate surface area is 98.0 Å². The Morgan fingerprint density at radius 3 is 3.06 bits per heavy atom. The van der Waals surface area contributed by atoms with E-state index in [2.05, 4.69) is 0 Å². The third kappa shape index (κ3) is 1.59. The number of thioether (sulfide) groups is 1. The van der Waals surface area contributed by atoms with Gasteiger partial charge in [-0.1, -0.05) is 6.07 Å². The molecule has 3 heterocycles. The van der Waals surface area contributed by atoms with Gasteiger partial charge in [0.15, 0.2) is 0 Å². The number of rotatable bonds is 1. The molecule has 1 amide bonds. The molecule has 16 heavy (non-hydrogen) atoms. The molecule has 1 aliphatic rings. The van der Waals surface area contributed by atoms with Crippen LogP contribution in [0.1, 0.15) is 10.4 Å². The molecule has 0 spiro atoms. The molecular formula is C12H12N2OS. The average Bonchev–Trinajstić information content (AvgIpc) is 2.97. The van der Waals surface area contributed by atoms with Crippen molar-refractivity contribution in [1.82, 2.24) is 9.30 Å². The molecule has 0 aromatic carbocycles. The van der Waals surface area contributed by atoms with Gasteiger partial charge in [-0.15, -0.1) is 11.8 Å². The zero-order chi connectivity index (χ0) is 11.0. The molecule has 0 bridgehead atoms. The number of carbonyl (C=O) groups excluding carboxylic acids is 1. The maximum absolute atomic E-state index is 12.1. The maximum Gasteiger partial charge on any atom is 0.256 e. The summed E-state index contributed by atoms with van der Waals surface area (Å²) in [6.07, 6.45) is 3.87. The second-order valence-corrected chi connectivity index (χ2v) is 4.94. The first kappa shape index (κ1) is 9.78. The number of hydrogen-bond donors (Lipinski definition) is 0. The molecule has 82 valence electrons. The van der Waals surface area contributed by atoms with Crippen molar-refractivity contribution in [2.75, 3.05) is 18.2 Å². The molecule has 3 rings (SSSR count). The van der Waals surface area contributed by atoms with E-state index in [1.165, 1.54) is 0 Å². The molecule has 1 saturated heterocycles. The highest BCUT2D eigenvalue weighted by molar-refractivity contribution is 7.99. The minimum Gasteiger partial charge on any atom is -0.329 e. The number of pyridine rings is 1. The van der Waals surface area contributed by atoms with Crippen molar-refractivity contribution in [3.05, 3.63) is 42.2 Å². The fourth-order valence-corrected chi connectivity index (χ4v) is 2.87. The largest absolute Gasteiger partial charge is 0.329 e. The van der Waals surface area contributed by atoms with Gasteiger partial charge >= 0.3 is 0 Å². The summed E-state index contributed by atoms with van der Waals surface area (Å²) in [5.74, 6) is 2.03. The molecular weight excluding hydrogens is 220 g/mol. The number of hydrogen-bond acceptors (Lipinski definition) is 2. The zero-order valence-corrected chi connectivity index (χ0v) is 9.61. The fraction of sp³-hybridized carbons (Fsp3) is 0.250.